The Balaban J connectivity index is 1.27. The van der Waals surface area contributed by atoms with Gasteiger partial charge in [-0.1, -0.05) is 48.5 Å². The van der Waals surface area contributed by atoms with Gasteiger partial charge >= 0.3 is 6.03 Å². The first-order valence-electron chi connectivity index (χ1n) is 11.8. The van der Waals surface area contributed by atoms with Crippen molar-refractivity contribution in [2.24, 2.45) is 11.0 Å². The van der Waals surface area contributed by atoms with E-state index in [9.17, 15) is 13.2 Å². The lowest BCUT2D eigenvalue weighted by Gasteiger charge is -2.27. The van der Waals surface area contributed by atoms with Gasteiger partial charge in [-0.2, -0.15) is 5.10 Å². The topological polar surface area (TPSA) is 104 Å². The number of anilines is 2. The molecule has 2 aliphatic rings. The number of fused-ring (bicyclic) bond motifs is 3. The highest BCUT2D eigenvalue weighted by molar-refractivity contribution is 7.90. The Morgan fingerprint density at radius 3 is 2.41 bits per heavy atom. The number of aromatic nitrogens is 1. The quantitative estimate of drug-likeness (QED) is 0.405. The third kappa shape index (κ3) is 4.34. The fraction of sp³-hybridized carbons (Fsp3) is 0.107. The highest BCUT2D eigenvalue weighted by Crippen LogP contribution is 2.46. The second kappa shape index (κ2) is 9.18. The van der Waals surface area contributed by atoms with E-state index in [0.29, 0.717) is 5.69 Å². The molecule has 2 amide bonds. The van der Waals surface area contributed by atoms with Gasteiger partial charge in [-0.05, 0) is 60.0 Å². The molecule has 0 spiro atoms. The normalized spacial score (nSPS) is 18.1. The van der Waals surface area contributed by atoms with Gasteiger partial charge in [0.1, 0.15) is 0 Å². The second-order valence-corrected chi connectivity index (χ2v) is 10.6. The number of hydrogen-bond donors (Lipinski definition) is 2. The molecule has 0 fully saturated rings. The summed E-state index contributed by atoms with van der Waals surface area (Å²) >= 11 is 0. The minimum absolute atomic E-state index is 0.0187. The minimum Gasteiger partial charge on any atom is -0.307 e. The smallest absolute Gasteiger partial charge is 0.307 e. The summed E-state index contributed by atoms with van der Waals surface area (Å²) in [6.45, 7) is 0. The predicted molar refractivity (Wildman–Crippen MR) is 142 cm³/mol. The Kier molecular flexibility index (Phi) is 5.69. The lowest BCUT2D eigenvalue weighted by Crippen LogP contribution is -2.34. The average molecular weight is 510 g/mol. The summed E-state index contributed by atoms with van der Waals surface area (Å²) < 4.78 is 27.7. The van der Waals surface area contributed by atoms with Gasteiger partial charge in [0.2, 0.25) is 0 Å². The molecule has 1 aliphatic carbocycles. The average Bonchev–Trinajstić information content (AvgIpc) is 3.46. The molecule has 8 nitrogen and oxygen atoms in total. The molecular formula is C28H23N5O3S. The highest BCUT2D eigenvalue weighted by Gasteiger charge is 2.44. The predicted octanol–water partition coefficient (Wildman–Crippen LogP) is 4.73. The number of carbonyl (C=O) groups is 1. The number of rotatable bonds is 5. The van der Waals surface area contributed by atoms with Gasteiger partial charge in [0, 0.05) is 29.6 Å². The number of nitrogens with zero attached hydrogens (tertiary/aromatic N) is 3. The van der Waals surface area contributed by atoms with E-state index >= 15 is 0 Å². The summed E-state index contributed by atoms with van der Waals surface area (Å²) in [5, 5.41) is 9.46. The fourth-order valence-corrected chi connectivity index (χ4v) is 5.91. The number of urea groups is 1. The number of para-hydroxylation sites is 1. The molecule has 1 aromatic heterocycles. The van der Waals surface area contributed by atoms with Crippen molar-refractivity contribution in [1.29, 1.82) is 0 Å². The first-order valence-corrected chi connectivity index (χ1v) is 13.3. The van der Waals surface area contributed by atoms with Crippen LogP contribution in [0.5, 0.6) is 0 Å². The van der Waals surface area contributed by atoms with Crippen LogP contribution < -0.4 is 15.0 Å². The zero-order valence-corrected chi connectivity index (χ0v) is 20.5. The summed E-state index contributed by atoms with van der Waals surface area (Å²) in [6.07, 6.45) is 4.47. The lowest BCUT2D eigenvalue weighted by molar-refractivity contribution is 0.256. The standard InChI is InChI=1S/C28H23N5O3S/c34-28(30-21-9-2-1-3-10-21)32-37(35,36)23-14-12-22(13-15-23)33-27(20-8-6-16-29-18-20)25-17-19-7-4-5-11-24(19)26(25)31-33/h1-16,18,25,27H,17H2,(H2,30,32,34). The molecule has 2 N–H and O–H groups in total. The van der Waals surface area contributed by atoms with E-state index in [1.165, 1.54) is 17.7 Å². The van der Waals surface area contributed by atoms with Crippen LogP contribution in [-0.4, -0.2) is 25.1 Å². The van der Waals surface area contributed by atoms with E-state index in [1.54, 1.807) is 48.7 Å². The van der Waals surface area contributed by atoms with E-state index in [2.05, 4.69) is 27.2 Å². The summed E-state index contributed by atoms with van der Waals surface area (Å²) in [5.74, 6) is 0.161. The zero-order chi connectivity index (χ0) is 25.4. The molecule has 0 bridgehead atoms. The van der Waals surface area contributed by atoms with Crippen LogP contribution in [0, 0.1) is 5.92 Å². The van der Waals surface area contributed by atoms with Crippen molar-refractivity contribution in [2.75, 3.05) is 10.3 Å². The van der Waals surface area contributed by atoms with Gasteiger partial charge in [0.15, 0.2) is 0 Å². The van der Waals surface area contributed by atoms with E-state index < -0.39 is 16.1 Å². The number of carbonyl (C=O) groups excluding carboxylic acids is 1. The molecule has 6 rings (SSSR count). The third-order valence-electron chi connectivity index (χ3n) is 6.64. The van der Waals surface area contributed by atoms with Gasteiger partial charge < -0.3 is 5.32 Å². The maximum atomic E-state index is 12.8. The highest BCUT2D eigenvalue weighted by atomic mass is 32.2. The van der Waals surface area contributed by atoms with Gasteiger partial charge in [-0.25, -0.2) is 17.9 Å². The molecule has 184 valence electrons. The van der Waals surface area contributed by atoms with Crippen LogP contribution in [0.15, 0.2) is 113 Å². The van der Waals surface area contributed by atoms with E-state index in [4.69, 9.17) is 5.10 Å². The molecule has 2 heterocycles. The molecular weight excluding hydrogens is 486 g/mol. The van der Waals surface area contributed by atoms with E-state index in [0.717, 1.165) is 28.9 Å². The summed E-state index contributed by atoms with van der Waals surface area (Å²) in [5.41, 5.74) is 5.74. The molecule has 0 radical (unpaired) electrons. The maximum Gasteiger partial charge on any atom is 0.333 e. The SMILES string of the molecule is O=C(Nc1ccccc1)NS(=O)(=O)c1ccc(N2N=C3c4ccccc4CC3C2c2cccnc2)cc1. The first kappa shape index (κ1) is 22.9. The number of benzene rings is 3. The number of pyridine rings is 1. The van der Waals surface area contributed by atoms with E-state index in [1.807, 2.05) is 35.5 Å². The van der Waals surface area contributed by atoms with Crippen molar-refractivity contribution in [3.63, 3.8) is 0 Å². The number of hydrogen-bond acceptors (Lipinski definition) is 6. The van der Waals surface area contributed by atoms with Crippen LogP contribution >= 0.6 is 0 Å². The second-order valence-electron chi connectivity index (χ2n) is 8.95. The number of amides is 2. The molecule has 0 saturated heterocycles. The summed E-state index contributed by atoms with van der Waals surface area (Å²) in [6, 6.07) is 26.4. The molecule has 2 atom stereocenters. The number of nitrogens with one attached hydrogen (secondary N) is 2. The Bertz CT molecular complexity index is 1590. The van der Waals surface area contributed by atoms with Crippen LogP contribution in [0.4, 0.5) is 16.2 Å². The Morgan fingerprint density at radius 2 is 1.65 bits per heavy atom. The molecule has 3 aromatic carbocycles. The fourth-order valence-electron chi connectivity index (χ4n) is 5.00. The molecule has 1 aliphatic heterocycles. The molecule has 0 saturated carbocycles. The van der Waals surface area contributed by atoms with Crippen molar-refractivity contribution in [3.8, 4) is 0 Å². The Morgan fingerprint density at radius 1 is 0.892 bits per heavy atom. The van der Waals surface area contributed by atoms with Crippen LogP contribution in [-0.2, 0) is 16.4 Å². The number of sulfonamides is 1. The maximum absolute atomic E-state index is 12.8. The van der Waals surface area contributed by atoms with Crippen LogP contribution in [0.25, 0.3) is 0 Å². The molecule has 2 unspecified atom stereocenters. The van der Waals surface area contributed by atoms with Gasteiger partial charge in [-0.15, -0.1) is 0 Å². The van der Waals surface area contributed by atoms with Gasteiger partial charge in [0.25, 0.3) is 10.0 Å². The Labute approximate surface area is 214 Å². The van der Waals surface area contributed by atoms with Crippen molar-refractivity contribution in [3.05, 3.63) is 120 Å². The molecule has 4 aromatic rings. The van der Waals surface area contributed by atoms with Gasteiger partial charge in [0.05, 0.1) is 22.3 Å². The van der Waals surface area contributed by atoms with Crippen molar-refractivity contribution < 1.29 is 13.2 Å². The van der Waals surface area contributed by atoms with Gasteiger partial charge in [-0.3, -0.25) is 9.99 Å². The lowest BCUT2D eigenvalue weighted by atomic mass is 9.91. The van der Waals surface area contributed by atoms with Crippen molar-refractivity contribution in [1.82, 2.24) is 9.71 Å². The van der Waals surface area contributed by atoms with Crippen molar-refractivity contribution >= 4 is 33.1 Å². The zero-order valence-electron chi connectivity index (χ0n) is 19.7. The summed E-state index contributed by atoms with van der Waals surface area (Å²) in [7, 11) is -4.07. The van der Waals surface area contributed by atoms with Crippen molar-refractivity contribution in [2.45, 2.75) is 17.4 Å². The van der Waals surface area contributed by atoms with Crippen LogP contribution in [0.1, 0.15) is 22.7 Å². The monoisotopic (exact) mass is 509 g/mol. The third-order valence-corrected chi connectivity index (χ3v) is 7.99. The van der Waals surface area contributed by atoms with Crippen LogP contribution in [0.3, 0.4) is 0 Å². The first-order chi connectivity index (χ1) is 18.0. The van der Waals surface area contributed by atoms with Crippen LogP contribution in [0.2, 0.25) is 0 Å². The Hall–Kier alpha value is -4.50. The largest absolute Gasteiger partial charge is 0.333 e. The molecule has 9 heteroatoms. The number of hydrazone groups is 1. The summed E-state index contributed by atoms with van der Waals surface area (Å²) in [4.78, 5) is 16.6. The van der Waals surface area contributed by atoms with E-state index in [-0.39, 0.29) is 16.9 Å². The minimum atomic E-state index is -4.07. The molecule has 37 heavy (non-hydrogen) atoms.